The summed E-state index contributed by atoms with van der Waals surface area (Å²) in [5.74, 6) is 1.05. The van der Waals surface area contributed by atoms with Gasteiger partial charge in [-0.05, 0) is 12.3 Å². The molecule has 0 aliphatic carbocycles. The number of hydrogen-bond acceptors (Lipinski definition) is 3. The molecule has 2 aliphatic rings. The minimum atomic E-state index is -2.68. The summed E-state index contributed by atoms with van der Waals surface area (Å²) in [6, 6.07) is 0. The van der Waals surface area contributed by atoms with Crippen LogP contribution in [-0.2, 0) is 9.84 Å². The van der Waals surface area contributed by atoms with E-state index in [0.717, 1.165) is 19.5 Å². The zero-order valence-electron chi connectivity index (χ0n) is 7.87. The van der Waals surface area contributed by atoms with Gasteiger partial charge in [-0.25, -0.2) is 8.42 Å². The van der Waals surface area contributed by atoms with E-state index in [1.807, 2.05) is 0 Å². The zero-order chi connectivity index (χ0) is 10.2. The van der Waals surface area contributed by atoms with Gasteiger partial charge in [-0.3, -0.25) is 0 Å². The number of rotatable bonds is 2. The molecule has 80 valence electrons. The molecule has 0 aromatic carbocycles. The van der Waals surface area contributed by atoms with Gasteiger partial charge in [0.05, 0.1) is 16.9 Å². The third-order valence-electron chi connectivity index (χ3n) is 2.64. The smallest absolute Gasteiger partial charge is 0.150 e. The Morgan fingerprint density at radius 3 is 2.79 bits per heavy atom. The van der Waals surface area contributed by atoms with Crippen LogP contribution in [0.2, 0.25) is 0 Å². The van der Waals surface area contributed by atoms with Crippen LogP contribution in [0.15, 0.2) is 11.6 Å². The summed E-state index contributed by atoms with van der Waals surface area (Å²) in [5.41, 5.74) is 1.26. The Hall–Kier alpha value is -0.0600. The van der Waals surface area contributed by atoms with E-state index in [1.165, 1.54) is 5.57 Å². The third kappa shape index (κ3) is 2.49. The Morgan fingerprint density at radius 1 is 1.50 bits per heavy atom. The van der Waals surface area contributed by atoms with Crippen molar-refractivity contribution in [1.29, 1.82) is 0 Å². The van der Waals surface area contributed by atoms with Crippen LogP contribution in [0.1, 0.15) is 6.42 Å². The van der Waals surface area contributed by atoms with E-state index in [0.29, 0.717) is 17.4 Å². The van der Waals surface area contributed by atoms with Crippen molar-refractivity contribution in [3.05, 3.63) is 11.6 Å². The van der Waals surface area contributed by atoms with Crippen LogP contribution in [0.5, 0.6) is 0 Å². The fraction of sp³-hybridized carbons (Fsp3) is 0.778. The second-order valence-corrected chi connectivity index (χ2v) is 6.83. The van der Waals surface area contributed by atoms with Crippen LogP contribution < -0.4 is 5.32 Å². The molecule has 0 saturated carbocycles. The lowest BCUT2D eigenvalue weighted by Gasteiger charge is -2.28. The van der Waals surface area contributed by atoms with Crippen LogP contribution in [-0.4, -0.2) is 38.4 Å². The first-order valence-electron chi connectivity index (χ1n) is 4.80. The number of alkyl halides is 1. The summed E-state index contributed by atoms with van der Waals surface area (Å²) in [4.78, 5) is 0. The maximum Gasteiger partial charge on any atom is 0.150 e. The molecule has 0 spiro atoms. The van der Waals surface area contributed by atoms with Crippen LogP contribution in [0, 0.1) is 5.92 Å². The summed E-state index contributed by atoms with van der Waals surface area (Å²) >= 11 is 5.95. The Morgan fingerprint density at radius 2 is 2.21 bits per heavy atom. The molecular weight excluding hydrogens is 222 g/mol. The Kier molecular flexibility index (Phi) is 2.86. The average molecular weight is 236 g/mol. The van der Waals surface area contributed by atoms with E-state index < -0.39 is 9.84 Å². The SMILES string of the molecule is O=S1(=O)CC(CC2=CC(Cl)CNC2)C1. The molecule has 1 saturated heterocycles. The first-order chi connectivity index (χ1) is 6.55. The molecule has 2 rings (SSSR count). The van der Waals surface area contributed by atoms with Crippen molar-refractivity contribution >= 4 is 21.4 Å². The van der Waals surface area contributed by atoms with Gasteiger partial charge in [0.15, 0.2) is 9.84 Å². The maximum atomic E-state index is 10.9. The predicted octanol–water partition coefficient (Wildman–Crippen LogP) is 0.558. The molecule has 3 nitrogen and oxygen atoms in total. The summed E-state index contributed by atoms with van der Waals surface area (Å²) in [7, 11) is -2.68. The van der Waals surface area contributed by atoms with Gasteiger partial charge >= 0.3 is 0 Å². The van der Waals surface area contributed by atoms with E-state index in [-0.39, 0.29) is 5.38 Å². The van der Waals surface area contributed by atoms with Gasteiger partial charge in [0, 0.05) is 13.1 Å². The van der Waals surface area contributed by atoms with E-state index in [9.17, 15) is 8.42 Å². The molecule has 1 fully saturated rings. The zero-order valence-corrected chi connectivity index (χ0v) is 9.44. The highest BCUT2D eigenvalue weighted by Crippen LogP contribution is 2.26. The lowest BCUT2D eigenvalue weighted by molar-refractivity contribution is 0.510. The summed E-state index contributed by atoms with van der Waals surface area (Å²) in [6.07, 6.45) is 2.94. The second-order valence-electron chi connectivity index (χ2n) is 4.12. The fourth-order valence-electron chi connectivity index (χ4n) is 2.04. The van der Waals surface area contributed by atoms with Gasteiger partial charge in [-0.1, -0.05) is 11.6 Å². The van der Waals surface area contributed by atoms with Crippen LogP contribution in [0.3, 0.4) is 0 Å². The predicted molar refractivity (Wildman–Crippen MR) is 57.4 cm³/mol. The van der Waals surface area contributed by atoms with Crippen molar-refractivity contribution in [2.24, 2.45) is 5.92 Å². The lowest BCUT2D eigenvalue weighted by atomic mass is 9.99. The number of nitrogens with one attached hydrogen (secondary N) is 1. The number of hydrogen-bond donors (Lipinski definition) is 1. The largest absolute Gasteiger partial charge is 0.311 e. The van der Waals surface area contributed by atoms with Crippen molar-refractivity contribution in [1.82, 2.24) is 5.32 Å². The van der Waals surface area contributed by atoms with Crippen LogP contribution in [0.25, 0.3) is 0 Å². The number of halogens is 1. The molecule has 1 unspecified atom stereocenters. The van der Waals surface area contributed by atoms with E-state index in [4.69, 9.17) is 11.6 Å². The van der Waals surface area contributed by atoms with Crippen molar-refractivity contribution in [3.63, 3.8) is 0 Å². The minimum Gasteiger partial charge on any atom is -0.311 e. The maximum absolute atomic E-state index is 10.9. The Labute approximate surface area is 89.4 Å². The van der Waals surface area contributed by atoms with Gasteiger partial charge < -0.3 is 5.32 Å². The van der Waals surface area contributed by atoms with E-state index in [2.05, 4.69) is 11.4 Å². The Bertz CT molecular complexity index is 338. The molecule has 14 heavy (non-hydrogen) atoms. The van der Waals surface area contributed by atoms with Crippen molar-refractivity contribution in [2.75, 3.05) is 24.6 Å². The quantitative estimate of drug-likeness (QED) is 0.562. The standard InChI is InChI=1S/C9H14ClNO2S/c10-9-2-7(3-11-4-9)1-8-5-14(12,13)6-8/h2,8-9,11H,1,3-6H2. The molecule has 1 atom stereocenters. The summed E-state index contributed by atoms with van der Waals surface area (Å²) < 4.78 is 21.9. The van der Waals surface area contributed by atoms with Crippen LogP contribution in [0.4, 0.5) is 0 Å². The highest BCUT2D eigenvalue weighted by molar-refractivity contribution is 7.92. The normalized spacial score (nSPS) is 32.1. The topological polar surface area (TPSA) is 46.2 Å². The molecule has 0 aromatic rings. The average Bonchev–Trinajstić information content (AvgIpc) is 2.00. The number of sulfone groups is 1. The molecular formula is C9H14ClNO2S. The highest BCUT2D eigenvalue weighted by Gasteiger charge is 2.33. The first kappa shape index (κ1) is 10.5. The van der Waals surface area contributed by atoms with E-state index >= 15 is 0 Å². The first-order valence-corrected chi connectivity index (χ1v) is 7.06. The van der Waals surface area contributed by atoms with Gasteiger partial charge in [-0.2, -0.15) is 0 Å². The Balaban J connectivity index is 1.87. The molecule has 5 heteroatoms. The molecule has 2 aliphatic heterocycles. The van der Waals surface area contributed by atoms with Crippen molar-refractivity contribution < 1.29 is 8.42 Å². The van der Waals surface area contributed by atoms with Crippen molar-refractivity contribution in [3.8, 4) is 0 Å². The minimum absolute atomic E-state index is 0.0652. The summed E-state index contributed by atoms with van der Waals surface area (Å²) in [5, 5.41) is 3.27. The molecule has 0 amide bonds. The lowest BCUT2D eigenvalue weighted by Crippen LogP contribution is -2.38. The molecule has 0 aromatic heterocycles. The van der Waals surface area contributed by atoms with Gasteiger partial charge in [0.1, 0.15) is 0 Å². The fourth-order valence-corrected chi connectivity index (χ4v) is 3.90. The van der Waals surface area contributed by atoms with Gasteiger partial charge in [-0.15, -0.1) is 11.6 Å². The van der Waals surface area contributed by atoms with Gasteiger partial charge in [0.25, 0.3) is 0 Å². The third-order valence-corrected chi connectivity index (χ3v) is 4.88. The summed E-state index contributed by atoms with van der Waals surface area (Å²) in [6.45, 7) is 1.67. The molecule has 0 bridgehead atoms. The highest BCUT2D eigenvalue weighted by atomic mass is 35.5. The van der Waals surface area contributed by atoms with Crippen molar-refractivity contribution in [2.45, 2.75) is 11.8 Å². The molecule has 0 radical (unpaired) electrons. The monoisotopic (exact) mass is 235 g/mol. The van der Waals surface area contributed by atoms with E-state index in [1.54, 1.807) is 0 Å². The molecule has 2 heterocycles. The van der Waals surface area contributed by atoms with Gasteiger partial charge in [0.2, 0.25) is 0 Å². The second kappa shape index (κ2) is 3.83. The van der Waals surface area contributed by atoms with Crippen LogP contribution >= 0.6 is 11.6 Å². The molecule has 1 N–H and O–H groups in total.